The van der Waals surface area contributed by atoms with Crippen molar-refractivity contribution >= 4 is 11.9 Å². The molecule has 0 aliphatic carbocycles. The van der Waals surface area contributed by atoms with E-state index in [1.807, 2.05) is 13.8 Å². The smallest absolute Gasteiger partial charge is 0.305 e. The summed E-state index contributed by atoms with van der Waals surface area (Å²) in [6.07, 6.45) is -0.0764. The zero-order chi connectivity index (χ0) is 16.4. The molecule has 22 heavy (non-hydrogen) atoms. The highest BCUT2D eigenvalue weighted by atomic mass is 16.5. The summed E-state index contributed by atoms with van der Waals surface area (Å²) >= 11 is 0. The lowest BCUT2D eigenvalue weighted by Gasteiger charge is -2.21. The molecule has 1 aromatic rings. The maximum atomic E-state index is 12.5. The van der Waals surface area contributed by atoms with Crippen molar-refractivity contribution in [1.29, 1.82) is 0 Å². The Balaban J connectivity index is 2.75. The topological polar surface area (TPSA) is 76.1 Å². The van der Waals surface area contributed by atoms with Gasteiger partial charge in [-0.2, -0.15) is 0 Å². The Bertz CT molecular complexity index is 489. The number of para-hydroxylation sites is 1. The second kappa shape index (κ2) is 9.78. The van der Waals surface area contributed by atoms with E-state index in [0.717, 1.165) is 0 Å². The first-order chi connectivity index (χ1) is 10.6. The minimum absolute atomic E-state index is 0.0764. The first-order valence-electron chi connectivity index (χ1n) is 7.40. The summed E-state index contributed by atoms with van der Waals surface area (Å²) in [4.78, 5) is 24.7. The van der Waals surface area contributed by atoms with E-state index in [1.54, 1.807) is 24.3 Å². The molecule has 0 radical (unpaired) electrons. The van der Waals surface area contributed by atoms with Crippen molar-refractivity contribution < 1.29 is 24.2 Å². The summed E-state index contributed by atoms with van der Waals surface area (Å²) in [5, 5.41) is 8.75. The van der Waals surface area contributed by atoms with Crippen molar-refractivity contribution in [2.75, 3.05) is 32.9 Å². The Labute approximate surface area is 130 Å². The van der Waals surface area contributed by atoms with Gasteiger partial charge >= 0.3 is 5.97 Å². The predicted octanol–water partition coefficient (Wildman–Crippen LogP) is 2.04. The van der Waals surface area contributed by atoms with Gasteiger partial charge < -0.3 is 19.5 Å². The number of benzene rings is 1. The number of carboxylic acids is 1. The second-order valence-electron chi connectivity index (χ2n) is 4.57. The summed E-state index contributed by atoms with van der Waals surface area (Å²) < 4.78 is 10.8. The van der Waals surface area contributed by atoms with Gasteiger partial charge in [0.2, 0.25) is 0 Å². The van der Waals surface area contributed by atoms with Gasteiger partial charge in [-0.15, -0.1) is 0 Å². The highest BCUT2D eigenvalue weighted by Crippen LogP contribution is 2.20. The lowest BCUT2D eigenvalue weighted by molar-refractivity contribution is -0.137. The molecule has 0 spiro atoms. The van der Waals surface area contributed by atoms with Crippen molar-refractivity contribution in [3.8, 4) is 5.75 Å². The Morgan fingerprint density at radius 3 is 2.55 bits per heavy atom. The molecule has 6 nitrogen and oxygen atoms in total. The fourth-order valence-electron chi connectivity index (χ4n) is 1.93. The Hall–Kier alpha value is -2.08. The van der Waals surface area contributed by atoms with Crippen LogP contribution in [0.4, 0.5) is 0 Å². The molecule has 0 atom stereocenters. The van der Waals surface area contributed by atoms with E-state index in [9.17, 15) is 9.59 Å². The van der Waals surface area contributed by atoms with Gasteiger partial charge in [-0.25, -0.2) is 0 Å². The van der Waals surface area contributed by atoms with Crippen molar-refractivity contribution in [2.45, 2.75) is 20.3 Å². The summed E-state index contributed by atoms with van der Waals surface area (Å²) in [5.41, 5.74) is 0.436. The number of aliphatic carboxylic acids is 1. The summed E-state index contributed by atoms with van der Waals surface area (Å²) in [6, 6.07) is 6.96. The summed E-state index contributed by atoms with van der Waals surface area (Å²) in [5.74, 6) is -0.663. The maximum Gasteiger partial charge on any atom is 0.305 e. The summed E-state index contributed by atoms with van der Waals surface area (Å²) in [7, 11) is 0. The van der Waals surface area contributed by atoms with Crippen LogP contribution in [0.15, 0.2) is 24.3 Å². The zero-order valence-electron chi connectivity index (χ0n) is 13.1. The van der Waals surface area contributed by atoms with E-state index in [1.165, 1.54) is 4.90 Å². The first-order valence-corrected chi connectivity index (χ1v) is 7.40. The number of hydrogen-bond donors (Lipinski definition) is 1. The number of amides is 1. The van der Waals surface area contributed by atoms with Crippen LogP contribution in [0.5, 0.6) is 5.75 Å². The normalized spacial score (nSPS) is 10.3. The number of rotatable bonds is 10. The van der Waals surface area contributed by atoms with Crippen LogP contribution in [0.1, 0.15) is 30.6 Å². The third-order valence-corrected chi connectivity index (χ3v) is 3.07. The van der Waals surface area contributed by atoms with Crippen molar-refractivity contribution in [3.63, 3.8) is 0 Å². The molecular formula is C16H23NO5. The van der Waals surface area contributed by atoms with Crippen molar-refractivity contribution in [2.24, 2.45) is 0 Å². The molecule has 0 saturated heterocycles. The van der Waals surface area contributed by atoms with Gasteiger partial charge in [0.05, 0.1) is 18.6 Å². The molecule has 0 aliphatic rings. The van der Waals surface area contributed by atoms with Gasteiger partial charge in [0.1, 0.15) is 12.4 Å². The van der Waals surface area contributed by atoms with Gasteiger partial charge in [0.25, 0.3) is 5.91 Å². The van der Waals surface area contributed by atoms with Gasteiger partial charge in [-0.05, 0) is 26.0 Å². The number of nitrogens with zero attached hydrogens (tertiary/aromatic N) is 1. The monoisotopic (exact) mass is 309 g/mol. The Kier molecular flexibility index (Phi) is 7.99. The van der Waals surface area contributed by atoms with Gasteiger partial charge in [0.15, 0.2) is 0 Å². The van der Waals surface area contributed by atoms with E-state index in [0.29, 0.717) is 37.7 Å². The molecule has 0 unspecified atom stereocenters. The third-order valence-electron chi connectivity index (χ3n) is 3.07. The number of hydrogen-bond acceptors (Lipinski definition) is 4. The average molecular weight is 309 g/mol. The van der Waals surface area contributed by atoms with Crippen LogP contribution >= 0.6 is 0 Å². The molecule has 0 heterocycles. The molecule has 1 aromatic carbocycles. The molecule has 1 rings (SSSR count). The van der Waals surface area contributed by atoms with Gasteiger partial charge in [0, 0.05) is 19.7 Å². The first kappa shape index (κ1) is 18.0. The highest BCUT2D eigenvalue weighted by molar-refractivity contribution is 5.97. The molecule has 0 aliphatic heterocycles. The SMILES string of the molecule is CCOCCOc1ccccc1C(=O)N(CC)CCC(=O)O. The Morgan fingerprint density at radius 1 is 1.18 bits per heavy atom. The highest BCUT2D eigenvalue weighted by Gasteiger charge is 2.18. The lowest BCUT2D eigenvalue weighted by atomic mass is 10.1. The predicted molar refractivity (Wildman–Crippen MR) is 82.3 cm³/mol. The molecule has 0 saturated carbocycles. The standard InChI is InChI=1S/C16H23NO5/c1-3-17(10-9-15(18)19)16(20)13-7-5-6-8-14(13)22-12-11-21-4-2/h5-8H,3-4,9-12H2,1-2H3,(H,18,19). The van der Waals surface area contributed by atoms with Crippen LogP contribution in [0.2, 0.25) is 0 Å². The Morgan fingerprint density at radius 2 is 1.91 bits per heavy atom. The number of ether oxygens (including phenoxy) is 2. The molecule has 0 bridgehead atoms. The summed E-state index contributed by atoms with van der Waals surface area (Å²) in [6.45, 7) is 5.77. The molecule has 122 valence electrons. The molecule has 1 N–H and O–H groups in total. The molecule has 1 amide bonds. The van der Waals surface area contributed by atoms with Crippen LogP contribution in [0, 0.1) is 0 Å². The van der Waals surface area contributed by atoms with Gasteiger partial charge in [-0.3, -0.25) is 9.59 Å². The van der Waals surface area contributed by atoms with Crippen LogP contribution in [0.25, 0.3) is 0 Å². The number of carboxylic acid groups (broad SMARTS) is 1. The molecule has 0 aromatic heterocycles. The van der Waals surface area contributed by atoms with Crippen LogP contribution < -0.4 is 4.74 Å². The second-order valence-corrected chi connectivity index (χ2v) is 4.57. The van der Waals surface area contributed by atoms with E-state index in [2.05, 4.69) is 0 Å². The molecule has 0 fully saturated rings. The maximum absolute atomic E-state index is 12.5. The number of carbonyl (C=O) groups is 2. The largest absolute Gasteiger partial charge is 0.490 e. The third kappa shape index (κ3) is 5.73. The van der Waals surface area contributed by atoms with E-state index in [-0.39, 0.29) is 18.9 Å². The zero-order valence-corrected chi connectivity index (χ0v) is 13.1. The number of carbonyl (C=O) groups excluding carboxylic acids is 1. The fraction of sp³-hybridized carbons (Fsp3) is 0.500. The lowest BCUT2D eigenvalue weighted by Crippen LogP contribution is -2.33. The fourth-order valence-corrected chi connectivity index (χ4v) is 1.93. The van der Waals surface area contributed by atoms with Crippen molar-refractivity contribution in [3.05, 3.63) is 29.8 Å². The van der Waals surface area contributed by atoms with Crippen LogP contribution in [-0.4, -0.2) is 54.8 Å². The van der Waals surface area contributed by atoms with Crippen LogP contribution in [0.3, 0.4) is 0 Å². The minimum atomic E-state index is -0.924. The van der Waals surface area contributed by atoms with Gasteiger partial charge in [-0.1, -0.05) is 12.1 Å². The minimum Gasteiger partial charge on any atom is -0.490 e. The van der Waals surface area contributed by atoms with E-state index < -0.39 is 5.97 Å². The van der Waals surface area contributed by atoms with E-state index in [4.69, 9.17) is 14.6 Å². The molecular weight excluding hydrogens is 286 g/mol. The van der Waals surface area contributed by atoms with E-state index >= 15 is 0 Å². The van der Waals surface area contributed by atoms with Crippen LogP contribution in [-0.2, 0) is 9.53 Å². The molecule has 6 heteroatoms. The quantitative estimate of drug-likeness (QED) is 0.669. The average Bonchev–Trinajstić information content (AvgIpc) is 2.52. The van der Waals surface area contributed by atoms with Crippen molar-refractivity contribution in [1.82, 2.24) is 4.90 Å².